The van der Waals surface area contributed by atoms with Crippen LogP contribution in [-0.4, -0.2) is 54.4 Å². The van der Waals surface area contributed by atoms with Gasteiger partial charge in [0.2, 0.25) is 0 Å². The van der Waals surface area contributed by atoms with E-state index < -0.39 is 0 Å². The summed E-state index contributed by atoms with van der Waals surface area (Å²) in [6.45, 7) is 3.85. The highest BCUT2D eigenvalue weighted by Crippen LogP contribution is 2.54. The number of hydrogen-bond donors (Lipinski definition) is 1. The molecule has 2 aliphatic rings. The zero-order valence-corrected chi connectivity index (χ0v) is 23.2. The van der Waals surface area contributed by atoms with Gasteiger partial charge in [0.1, 0.15) is 17.6 Å². The quantitative estimate of drug-likeness (QED) is 0.329. The molecule has 4 atom stereocenters. The minimum Gasteiger partial charge on any atom is -0.356 e. The van der Waals surface area contributed by atoms with Gasteiger partial charge in [0, 0.05) is 73.2 Å². The lowest BCUT2D eigenvalue weighted by atomic mass is 10.0. The standard InChI is InChI=1S/C30H26ClN9O/c1-17(37-30(41)28-25(31)4-3-7-33-28)27-23-15-39(16-24(23)27)26-6-5-18(10-34-26)22-8-19(21-12-35-38(2)13-21)14-40-29(22)20(9-32)11-36-40/h3-8,10-14,17,23-24,27H,15-16H2,1-2H3,(H,37,41)/t17-,23-,24+,27?/m1/s1. The van der Waals surface area contributed by atoms with E-state index in [9.17, 15) is 10.1 Å². The molecule has 0 bridgehead atoms. The minimum absolute atomic E-state index is 0.0348. The van der Waals surface area contributed by atoms with Gasteiger partial charge in [-0.3, -0.25) is 9.48 Å². The summed E-state index contributed by atoms with van der Waals surface area (Å²) in [6.07, 6.45) is 10.7. The van der Waals surface area contributed by atoms with Gasteiger partial charge in [-0.25, -0.2) is 14.5 Å². The minimum atomic E-state index is -0.235. The molecule has 1 aliphatic heterocycles. The molecule has 1 saturated carbocycles. The lowest BCUT2D eigenvalue weighted by molar-refractivity contribution is 0.0928. The number of pyridine rings is 3. The Kier molecular flexibility index (Phi) is 5.98. The van der Waals surface area contributed by atoms with Crippen molar-refractivity contribution >= 4 is 28.8 Å². The van der Waals surface area contributed by atoms with Crippen molar-refractivity contribution in [3.05, 3.63) is 83.8 Å². The number of aromatic nitrogens is 6. The Balaban J connectivity index is 1.07. The molecule has 1 aliphatic carbocycles. The number of fused-ring (bicyclic) bond motifs is 2. The summed E-state index contributed by atoms with van der Waals surface area (Å²) in [5.74, 6) is 2.12. The smallest absolute Gasteiger partial charge is 0.271 e. The van der Waals surface area contributed by atoms with Crippen LogP contribution in [0.2, 0.25) is 5.02 Å². The first-order chi connectivity index (χ1) is 19.9. The number of aryl methyl sites for hydroxylation is 1. The molecule has 0 aromatic carbocycles. The van der Waals surface area contributed by atoms with E-state index in [4.69, 9.17) is 16.6 Å². The van der Waals surface area contributed by atoms with Gasteiger partial charge < -0.3 is 10.2 Å². The highest BCUT2D eigenvalue weighted by atomic mass is 35.5. The average Bonchev–Trinajstić information content (AvgIpc) is 3.37. The third-order valence-electron chi connectivity index (χ3n) is 8.32. The van der Waals surface area contributed by atoms with Crippen LogP contribution in [0, 0.1) is 29.1 Å². The third-order valence-corrected chi connectivity index (χ3v) is 8.63. The van der Waals surface area contributed by atoms with Gasteiger partial charge in [0.15, 0.2) is 0 Å². The Hall–Kier alpha value is -4.75. The molecule has 2 fully saturated rings. The summed E-state index contributed by atoms with van der Waals surface area (Å²) in [7, 11) is 1.88. The Bertz CT molecular complexity index is 1830. The van der Waals surface area contributed by atoms with Crippen LogP contribution in [0.4, 0.5) is 5.82 Å². The number of piperidine rings is 1. The number of rotatable bonds is 6. The van der Waals surface area contributed by atoms with E-state index >= 15 is 0 Å². The SMILES string of the molecule is C[C@@H](NC(=O)c1ncccc1Cl)C1[C@H]2CN(c3ccc(-c4cc(-c5cnn(C)c5)cn5ncc(C#N)c45)cn3)C[C@@H]12. The summed E-state index contributed by atoms with van der Waals surface area (Å²) in [4.78, 5) is 23.9. The summed E-state index contributed by atoms with van der Waals surface area (Å²) in [5.41, 5.74) is 5.25. The summed E-state index contributed by atoms with van der Waals surface area (Å²) in [6, 6.07) is 11.8. The first kappa shape index (κ1) is 25.2. The number of nitrogens with one attached hydrogen (secondary N) is 1. The Labute approximate surface area is 241 Å². The van der Waals surface area contributed by atoms with Gasteiger partial charge in [0.05, 0.1) is 28.5 Å². The topological polar surface area (TPSA) is 117 Å². The van der Waals surface area contributed by atoms with E-state index in [-0.39, 0.29) is 17.6 Å². The number of amides is 1. The van der Waals surface area contributed by atoms with Crippen LogP contribution in [0.25, 0.3) is 27.8 Å². The van der Waals surface area contributed by atoms with Crippen LogP contribution >= 0.6 is 11.6 Å². The zero-order chi connectivity index (χ0) is 28.2. The van der Waals surface area contributed by atoms with Crippen molar-refractivity contribution in [3.8, 4) is 28.3 Å². The third kappa shape index (κ3) is 4.39. The molecule has 11 heteroatoms. The average molecular weight is 564 g/mol. The normalized spacial score (nSPS) is 20.0. The van der Waals surface area contributed by atoms with Crippen molar-refractivity contribution < 1.29 is 4.79 Å². The predicted octanol–water partition coefficient (Wildman–Crippen LogP) is 4.22. The maximum Gasteiger partial charge on any atom is 0.271 e. The van der Waals surface area contributed by atoms with E-state index in [1.54, 1.807) is 33.7 Å². The molecular weight excluding hydrogens is 538 g/mol. The van der Waals surface area contributed by atoms with Crippen LogP contribution in [0.15, 0.2) is 67.5 Å². The summed E-state index contributed by atoms with van der Waals surface area (Å²) < 4.78 is 3.51. The van der Waals surface area contributed by atoms with Crippen LogP contribution in [0.3, 0.4) is 0 Å². The van der Waals surface area contributed by atoms with E-state index in [2.05, 4.69) is 50.5 Å². The van der Waals surface area contributed by atoms with Gasteiger partial charge >= 0.3 is 0 Å². The molecule has 5 aromatic heterocycles. The van der Waals surface area contributed by atoms with Crippen LogP contribution in [-0.2, 0) is 7.05 Å². The molecule has 6 heterocycles. The van der Waals surface area contributed by atoms with Gasteiger partial charge in [-0.2, -0.15) is 15.5 Å². The Morgan fingerprint density at radius 1 is 1.07 bits per heavy atom. The molecule has 0 radical (unpaired) electrons. The van der Waals surface area contributed by atoms with Crippen molar-refractivity contribution in [3.63, 3.8) is 0 Å². The first-order valence-electron chi connectivity index (χ1n) is 13.4. The largest absolute Gasteiger partial charge is 0.356 e. The number of nitrogens with zero attached hydrogens (tertiary/aromatic N) is 8. The van der Waals surface area contributed by atoms with Gasteiger partial charge in [-0.15, -0.1) is 0 Å². The van der Waals surface area contributed by atoms with Crippen molar-refractivity contribution in [1.29, 1.82) is 5.26 Å². The number of anilines is 1. The number of nitriles is 1. The fourth-order valence-corrected chi connectivity index (χ4v) is 6.52. The molecule has 10 nitrogen and oxygen atoms in total. The molecule has 204 valence electrons. The Morgan fingerprint density at radius 2 is 1.90 bits per heavy atom. The molecule has 5 aromatic rings. The highest BCUT2D eigenvalue weighted by molar-refractivity contribution is 6.33. The molecule has 0 spiro atoms. The monoisotopic (exact) mass is 563 g/mol. The second-order valence-corrected chi connectivity index (χ2v) is 11.2. The van der Waals surface area contributed by atoms with Crippen molar-refractivity contribution in [2.45, 2.75) is 13.0 Å². The fraction of sp³-hybridized carbons (Fsp3) is 0.267. The molecule has 1 saturated heterocycles. The lowest BCUT2D eigenvalue weighted by Crippen LogP contribution is -2.38. The Morgan fingerprint density at radius 3 is 2.59 bits per heavy atom. The van der Waals surface area contributed by atoms with Crippen molar-refractivity contribution in [2.75, 3.05) is 18.0 Å². The molecule has 41 heavy (non-hydrogen) atoms. The molecule has 7 rings (SSSR count). The number of carbonyl (C=O) groups excluding carboxylic acids is 1. The van der Waals surface area contributed by atoms with Crippen molar-refractivity contribution in [1.82, 2.24) is 34.7 Å². The summed E-state index contributed by atoms with van der Waals surface area (Å²) in [5, 5.41) is 21.9. The maximum absolute atomic E-state index is 12.7. The van der Waals surface area contributed by atoms with E-state index in [1.165, 1.54) is 0 Å². The lowest BCUT2D eigenvalue weighted by Gasteiger charge is -2.23. The second-order valence-electron chi connectivity index (χ2n) is 10.8. The molecule has 1 amide bonds. The number of hydrogen-bond acceptors (Lipinski definition) is 7. The molecule has 1 unspecified atom stereocenters. The molecule has 1 N–H and O–H groups in total. The second kappa shape index (κ2) is 9.71. The van der Waals surface area contributed by atoms with E-state index in [1.807, 2.05) is 37.9 Å². The molecular formula is C30H26ClN9O. The van der Waals surface area contributed by atoms with Gasteiger partial charge in [0.25, 0.3) is 5.91 Å². The van der Waals surface area contributed by atoms with Gasteiger partial charge in [-0.1, -0.05) is 11.6 Å². The van der Waals surface area contributed by atoms with Gasteiger partial charge in [-0.05, 0) is 55.0 Å². The number of halogens is 1. The first-order valence-corrected chi connectivity index (χ1v) is 13.8. The highest BCUT2D eigenvalue weighted by Gasteiger charge is 2.58. The zero-order valence-electron chi connectivity index (χ0n) is 22.4. The fourth-order valence-electron chi connectivity index (χ4n) is 6.31. The van der Waals surface area contributed by atoms with Crippen LogP contribution in [0.1, 0.15) is 23.0 Å². The van der Waals surface area contributed by atoms with Crippen LogP contribution < -0.4 is 10.2 Å². The number of carbonyl (C=O) groups is 1. The van der Waals surface area contributed by atoms with E-state index in [0.717, 1.165) is 46.7 Å². The predicted molar refractivity (Wildman–Crippen MR) is 154 cm³/mol. The van der Waals surface area contributed by atoms with Crippen LogP contribution in [0.5, 0.6) is 0 Å². The van der Waals surface area contributed by atoms with E-state index in [0.29, 0.717) is 28.3 Å². The maximum atomic E-state index is 12.7. The van der Waals surface area contributed by atoms with Crippen molar-refractivity contribution in [2.24, 2.45) is 24.8 Å². The summed E-state index contributed by atoms with van der Waals surface area (Å²) >= 11 is 6.15.